The minimum Gasteiger partial charge on any atom is -0.493 e. The van der Waals surface area contributed by atoms with Gasteiger partial charge in [0, 0.05) is 24.0 Å². The molecule has 2 atom stereocenters. The number of aryl methyl sites for hydroxylation is 1. The number of nitrogens with zero attached hydrogens (tertiary/aromatic N) is 1. The summed E-state index contributed by atoms with van der Waals surface area (Å²) in [7, 11) is 6.90. The quantitative estimate of drug-likeness (QED) is 0.457. The van der Waals surface area contributed by atoms with Gasteiger partial charge < -0.3 is 23.4 Å². The number of fused-ring (bicyclic) bond motifs is 4. The number of quaternary nitrogens is 1. The largest absolute Gasteiger partial charge is 0.493 e. The van der Waals surface area contributed by atoms with Gasteiger partial charge in [-0.15, -0.1) is 0 Å². The minimum absolute atomic E-state index is 0.322. The van der Waals surface area contributed by atoms with Gasteiger partial charge in [0.15, 0.2) is 23.0 Å². The van der Waals surface area contributed by atoms with E-state index in [-0.39, 0.29) is 0 Å². The molecule has 0 aliphatic carbocycles. The first-order valence-electron chi connectivity index (χ1n) is 12.0. The number of ether oxygens (including phenoxy) is 4. The van der Waals surface area contributed by atoms with E-state index in [9.17, 15) is 0 Å². The molecule has 0 N–H and O–H groups in total. The molecule has 5 rings (SSSR count). The Labute approximate surface area is 202 Å². The van der Waals surface area contributed by atoms with Crippen molar-refractivity contribution in [3.63, 3.8) is 0 Å². The third kappa shape index (κ3) is 3.78. The van der Waals surface area contributed by atoms with Gasteiger partial charge in [-0.1, -0.05) is 36.4 Å². The molecule has 0 amide bonds. The molecule has 2 unspecified atom stereocenters. The van der Waals surface area contributed by atoms with Crippen LogP contribution in [0, 0.1) is 0 Å². The molecule has 178 valence electrons. The van der Waals surface area contributed by atoms with Crippen molar-refractivity contribution in [2.75, 3.05) is 35.0 Å². The van der Waals surface area contributed by atoms with Gasteiger partial charge in [-0.3, -0.25) is 0 Å². The van der Waals surface area contributed by atoms with Crippen LogP contribution in [0.2, 0.25) is 0 Å². The zero-order valence-corrected chi connectivity index (χ0v) is 20.6. The molecular weight excluding hydrogens is 426 g/mol. The molecule has 0 radical (unpaired) electrons. The molecule has 3 aromatic rings. The highest BCUT2D eigenvalue weighted by Gasteiger charge is 2.46. The molecule has 2 heterocycles. The van der Waals surface area contributed by atoms with Gasteiger partial charge in [0.2, 0.25) is 0 Å². The smallest absolute Gasteiger partial charge is 0.169 e. The number of benzene rings is 3. The predicted octanol–water partition coefficient (Wildman–Crippen LogP) is 5.48. The van der Waals surface area contributed by atoms with E-state index in [1.807, 2.05) is 6.07 Å². The molecule has 0 fully saturated rings. The number of hydrogen-bond acceptors (Lipinski definition) is 4. The molecule has 34 heavy (non-hydrogen) atoms. The van der Waals surface area contributed by atoms with E-state index < -0.39 is 0 Å². The molecule has 2 aliphatic heterocycles. The lowest BCUT2D eigenvalue weighted by atomic mass is 9.85. The first kappa shape index (κ1) is 22.6. The second kappa shape index (κ2) is 9.22. The fourth-order valence-corrected chi connectivity index (χ4v) is 6.10. The van der Waals surface area contributed by atoms with E-state index in [1.54, 1.807) is 28.4 Å². The van der Waals surface area contributed by atoms with Crippen LogP contribution < -0.4 is 18.9 Å². The third-order valence-electron chi connectivity index (χ3n) is 7.69. The summed E-state index contributed by atoms with van der Waals surface area (Å²) in [6, 6.07) is 19.9. The highest BCUT2D eigenvalue weighted by molar-refractivity contribution is 5.53. The Morgan fingerprint density at radius 3 is 2.24 bits per heavy atom. The number of rotatable bonds is 6. The number of hydrogen-bond donors (Lipinski definition) is 0. The standard InChI is InChI=1S/C29H34NO4/c1-31-26-13-12-22-15-25-23-17-28(33-3)27(32-2)16-21(23)11-8-14-30(25,19-24(22)29(26)34-4)18-20-9-6-5-7-10-20/h5-7,9-10,12-13,16-17,25H,8,11,14-15,18-19H2,1-4H3/q+1. The molecule has 0 aromatic heterocycles. The topological polar surface area (TPSA) is 36.9 Å². The van der Waals surface area contributed by atoms with Crippen LogP contribution in [0.4, 0.5) is 0 Å². The summed E-state index contributed by atoms with van der Waals surface area (Å²) in [6.07, 6.45) is 3.11. The molecule has 0 saturated carbocycles. The van der Waals surface area contributed by atoms with Crippen molar-refractivity contribution in [2.45, 2.75) is 38.4 Å². The van der Waals surface area contributed by atoms with Crippen molar-refractivity contribution in [2.24, 2.45) is 0 Å². The first-order valence-corrected chi connectivity index (χ1v) is 12.0. The maximum absolute atomic E-state index is 5.91. The Morgan fingerprint density at radius 1 is 0.794 bits per heavy atom. The minimum atomic E-state index is 0.322. The summed E-state index contributed by atoms with van der Waals surface area (Å²) in [6.45, 7) is 2.97. The average Bonchev–Trinajstić information content (AvgIpc) is 3.02. The first-order chi connectivity index (χ1) is 16.6. The van der Waals surface area contributed by atoms with Crippen molar-refractivity contribution in [1.82, 2.24) is 0 Å². The van der Waals surface area contributed by atoms with Crippen LogP contribution in [0.5, 0.6) is 23.0 Å². The fraction of sp³-hybridized carbons (Fsp3) is 0.379. The Kier molecular flexibility index (Phi) is 6.13. The summed E-state index contributed by atoms with van der Waals surface area (Å²) in [5, 5.41) is 0. The Bertz CT molecular complexity index is 1180. The maximum Gasteiger partial charge on any atom is 0.169 e. The van der Waals surface area contributed by atoms with E-state index in [0.29, 0.717) is 6.04 Å². The van der Waals surface area contributed by atoms with Gasteiger partial charge in [0.1, 0.15) is 19.1 Å². The zero-order chi connectivity index (χ0) is 23.7. The summed E-state index contributed by atoms with van der Waals surface area (Å²) in [4.78, 5) is 0. The molecule has 0 spiro atoms. The van der Waals surface area contributed by atoms with Gasteiger partial charge in [0.05, 0.1) is 40.5 Å². The third-order valence-corrected chi connectivity index (χ3v) is 7.69. The van der Waals surface area contributed by atoms with Crippen LogP contribution in [0.1, 0.15) is 40.3 Å². The Balaban J connectivity index is 1.70. The van der Waals surface area contributed by atoms with Crippen LogP contribution in [0.15, 0.2) is 54.6 Å². The van der Waals surface area contributed by atoms with Gasteiger partial charge in [0.25, 0.3) is 0 Å². The summed E-state index contributed by atoms with van der Waals surface area (Å²) < 4.78 is 23.9. The highest BCUT2D eigenvalue weighted by Crippen LogP contribution is 2.50. The second-order valence-electron chi connectivity index (χ2n) is 9.41. The van der Waals surface area contributed by atoms with Crippen molar-refractivity contribution >= 4 is 0 Å². The summed E-state index contributed by atoms with van der Waals surface area (Å²) >= 11 is 0. The molecular formula is C29H34NO4+. The van der Waals surface area contributed by atoms with Crippen LogP contribution in [-0.4, -0.2) is 39.5 Å². The van der Waals surface area contributed by atoms with Crippen molar-refractivity contribution in [3.05, 3.63) is 82.4 Å². The molecule has 2 aliphatic rings. The summed E-state index contributed by atoms with van der Waals surface area (Å²) in [5.74, 6) is 3.30. The fourth-order valence-electron chi connectivity index (χ4n) is 6.10. The molecule has 5 nitrogen and oxygen atoms in total. The van der Waals surface area contributed by atoms with E-state index >= 15 is 0 Å². The van der Waals surface area contributed by atoms with Gasteiger partial charge >= 0.3 is 0 Å². The summed E-state index contributed by atoms with van der Waals surface area (Å²) in [5.41, 5.74) is 6.73. The van der Waals surface area contributed by atoms with E-state index in [2.05, 4.69) is 48.5 Å². The normalized spacial score (nSPS) is 20.9. The van der Waals surface area contributed by atoms with Crippen LogP contribution in [0.25, 0.3) is 0 Å². The van der Waals surface area contributed by atoms with E-state index in [4.69, 9.17) is 18.9 Å². The lowest BCUT2D eigenvalue weighted by Crippen LogP contribution is -2.52. The monoisotopic (exact) mass is 460 g/mol. The SMILES string of the molecule is COc1cc2c(cc1OC)C1Cc3ccc(OC)c(OC)c3C[N+]1(Cc1ccccc1)CCC2. The lowest BCUT2D eigenvalue weighted by molar-refractivity contribution is -0.983. The lowest BCUT2D eigenvalue weighted by Gasteiger charge is -2.48. The van der Waals surface area contributed by atoms with Crippen molar-refractivity contribution < 1.29 is 23.4 Å². The van der Waals surface area contributed by atoms with Crippen LogP contribution in [-0.2, 0) is 25.9 Å². The van der Waals surface area contributed by atoms with Gasteiger partial charge in [-0.25, -0.2) is 0 Å². The maximum atomic E-state index is 5.91. The van der Waals surface area contributed by atoms with E-state index in [0.717, 1.165) is 66.4 Å². The highest BCUT2D eigenvalue weighted by atomic mass is 16.5. The second-order valence-corrected chi connectivity index (χ2v) is 9.41. The van der Waals surface area contributed by atoms with Crippen LogP contribution in [0.3, 0.4) is 0 Å². The number of methoxy groups -OCH3 is 4. The molecule has 3 aromatic carbocycles. The Hall–Kier alpha value is -3.18. The van der Waals surface area contributed by atoms with Crippen LogP contribution >= 0.6 is 0 Å². The average molecular weight is 461 g/mol. The molecule has 0 bridgehead atoms. The molecule has 0 saturated heterocycles. The Morgan fingerprint density at radius 2 is 1.53 bits per heavy atom. The molecule has 5 heteroatoms. The van der Waals surface area contributed by atoms with E-state index in [1.165, 1.54) is 27.8 Å². The van der Waals surface area contributed by atoms with Gasteiger partial charge in [-0.05, 0) is 35.7 Å². The van der Waals surface area contributed by atoms with Crippen molar-refractivity contribution in [1.29, 1.82) is 0 Å². The predicted molar refractivity (Wildman–Crippen MR) is 133 cm³/mol. The zero-order valence-electron chi connectivity index (χ0n) is 20.6. The van der Waals surface area contributed by atoms with Gasteiger partial charge in [-0.2, -0.15) is 0 Å². The van der Waals surface area contributed by atoms with Crippen molar-refractivity contribution in [3.8, 4) is 23.0 Å².